The molecule has 21 heavy (non-hydrogen) atoms. The first-order valence-corrected chi connectivity index (χ1v) is 7.52. The SMILES string of the molecule is CCCNc1nc(-c2cccc(Cl)c2F)nc(C)c1CC. The monoisotopic (exact) mass is 307 g/mol. The molecule has 0 aliphatic rings. The average Bonchev–Trinajstić information content (AvgIpc) is 2.47. The van der Waals surface area contributed by atoms with Gasteiger partial charge in [-0.2, -0.15) is 0 Å². The van der Waals surface area contributed by atoms with Crippen LogP contribution < -0.4 is 5.32 Å². The molecule has 1 N–H and O–H groups in total. The van der Waals surface area contributed by atoms with E-state index in [1.807, 2.05) is 6.92 Å². The van der Waals surface area contributed by atoms with Gasteiger partial charge in [0.15, 0.2) is 11.6 Å². The van der Waals surface area contributed by atoms with Crippen LogP contribution >= 0.6 is 11.6 Å². The number of nitrogens with zero attached hydrogens (tertiary/aromatic N) is 2. The molecule has 1 aromatic carbocycles. The molecule has 0 unspecified atom stereocenters. The zero-order valence-corrected chi connectivity index (χ0v) is 13.3. The Morgan fingerprint density at radius 1 is 1.24 bits per heavy atom. The number of hydrogen-bond acceptors (Lipinski definition) is 3. The van der Waals surface area contributed by atoms with Gasteiger partial charge in [0.2, 0.25) is 0 Å². The van der Waals surface area contributed by atoms with Crippen LogP contribution in [-0.4, -0.2) is 16.5 Å². The number of rotatable bonds is 5. The molecule has 0 aliphatic carbocycles. The van der Waals surface area contributed by atoms with Gasteiger partial charge in [0.1, 0.15) is 5.82 Å². The van der Waals surface area contributed by atoms with Crippen LogP contribution in [0.15, 0.2) is 18.2 Å². The van der Waals surface area contributed by atoms with Gasteiger partial charge in [0, 0.05) is 17.8 Å². The highest BCUT2D eigenvalue weighted by Crippen LogP contribution is 2.28. The Bertz CT molecular complexity index is 644. The number of halogens is 2. The van der Waals surface area contributed by atoms with Crippen molar-refractivity contribution in [1.82, 2.24) is 9.97 Å². The van der Waals surface area contributed by atoms with E-state index in [-0.39, 0.29) is 5.02 Å². The summed E-state index contributed by atoms with van der Waals surface area (Å²) in [6, 6.07) is 4.86. The van der Waals surface area contributed by atoms with E-state index >= 15 is 0 Å². The minimum absolute atomic E-state index is 0.0800. The van der Waals surface area contributed by atoms with Crippen LogP contribution in [0.4, 0.5) is 10.2 Å². The third kappa shape index (κ3) is 3.32. The second kappa shape index (κ2) is 6.85. The van der Waals surface area contributed by atoms with Gasteiger partial charge < -0.3 is 5.32 Å². The van der Waals surface area contributed by atoms with Crippen molar-refractivity contribution in [1.29, 1.82) is 0 Å². The van der Waals surface area contributed by atoms with Crippen LogP contribution in [-0.2, 0) is 6.42 Å². The number of anilines is 1. The summed E-state index contributed by atoms with van der Waals surface area (Å²) in [5, 5.41) is 3.37. The second-order valence-corrected chi connectivity index (χ2v) is 5.25. The van der Waals surface area contributed by atoms with Crippen LogP contribution in [0.3, 0.4) is 0 Å². The molecular formula is C16H19ClFN3. The van der Waals surface area contributed by atoms with E-state index in [2.05, 4.69) is 29.1 Å². The lowest BCUT2D eigenvalue weighted by Crippen LogP contribution is -2.09. The normalized spacial score (nSPS) is 10.7. The number of aryl methyl sites for hydroxylation is 1. The lowest BCUT2D eigenvalue weighted by Gasteiger charge is -2.14. The first-order valence-electron chi connectivity index (χ1n) is 7.14. The van der Waals surface area contributed by atoms with Crippen LogP contribution in [0.2, 0.25) is 5.02 Å². The van der Waals surface area contributed by atoms with Crippen molar-refractivity contribution in [3.05, 3.63) is 40.3 Å². The summed E-state index contributed by atoms with van der Waals surface area (Å²) in [6.07, 6.45) is 1.82. The summed E-state index contributed by atoms with van der Waals surface area (Å²) in [5.74, 6) is 0.661. The topological polar surface area (TPSA) is 37.8 Å². The fourth-order valence-corrected chi connectivity index (χ4v) is 2.38. The van der Waals surface area contributed by atoms with E-state index in [0.717, 1.165) is 36.5 Å². The summed E-state index contributed by atoms with van der Waals surface area (Å²) >= 11 is 5.84. The van der Waals surface area contributed by atoms with Gasteiger partial charge in [-0.1, -0.05) is 31.5 Å². The highest BCUT2D eigenvalue weighted by Gasteiger charge is 2.15. The van der Waals surface area contributed by atoms with Crippen molar-refractivity contribution < 1.29 is 4.39 Å². The largest absolute Gasteiger partial charge is 0.370 e. The van der Waals surface area contributed by atoms with Crippen LogP contribution in [0.5, 0.6) is 0 Å². The number of hydrogen-bond donors (Lipinski definition) is 1. The van der Waals surface area contributed by atoms with Gasteiger partial charge in [-0.25, -0.2) is 14.4 Å². The molecule has 0 radical (unpaired) electrons. The quantitative estimate of drug-likeness (QED) is 0.875. The Balaban J connectivity index is 2.54. The lowest BCUT2D eigenvalue weighted by molar-refractivity contribution is 0.630. The van der Waals surface area contributed by atoms with Crippen molar-refractivity contribution in [2.75, 3.05) is 11.9 Å². The van der Waals surface area contributed by atoms with Crippen LogP contribution in [0, 0.1) is 12.7 Å². The molecule has 2 rings (SSSR count). The van der Waals surface area contributed by atoms with E-state index in [0.29, 0.717) is 11.4 Å². The van der Waals surface area contributed by atoms with Crippen molar-refractivity contribution in [3.63, 3.8) is 0 Å². The van der Waals surface area contributed by atoms with Gasteiger partial charge >= 0.3 is 0 Å². The molecule has 0 amide bonds. The van der Waals surface area contributed by atoms with E-state index in [1.165, 1.54) is 6.07 Å². The van der Waals surface area contributed by atoms with Gasteiger partial charge in [-0.05, 0) is 31.9 Å². The Kier molecular flexibility index (Phi) is 5.12. The molecular weight excluding hydrogens is 289 g/mol. The highest BCUT2D eigenvalue weighted by atomic mass is 35.5. The van der Waals surface area contributed by atoms with Crippen molar-refractivity contribution in [3.8, 4) is 11.4 Å². The summed E-state index contributed by atoms with van der Waals surface area (Å²) in [5.41, 5.74) is 2.25. The molecule has 0 saturated carbocycles. The zero-order valence-electron chi connectivity index (χ0n) is 12.5. The fourth-order valence-electron chi connectivity index (χ4n) is 2.21. The molecule has 1 aromatic heterocycles. The van der Waals surface area contributed by atoms with Crippen molar-refractivity contribution in [2.24, 2.45) is 0 Å². The van der Waals surface area contributed by atoms with E-state index < -0.39 is 5.82 Å². The predicted octanol–water partition coefficient (Wildman–Crippen LogP) is 4.63. The van der Waals surface area contributed by atoms with Gasteiger partial charge in [-0.3, -0.25) is 0 Å². The van der Waals surface area contributed by atoms with Crippen LogP contribution in [0.1, 0.15) is 31.5 Å². The van der Waals surface area contributed by atoms with Gasteiger partial charge in [0.25, 0.3) is 0 Å². The molecule has 112 valence electrons. The minimum Gasteiger partial charge on any atom is -0.370 e. The average molecular weight is 308 g/mol. The summed E-state index contributed by atoms with van der Waals surface area (Å²) in [4.78, 5) is 8.93. The minimum atomic E-state index is -0.482. The Labute approximate surface area is 129 Å². The first-order chi connectivity index (χ1) is 10.1. The van der Waals surface area contributed by atoms with E-state index in [9.17, 15) is 4.39 Å². The number of aromatic nitrogens is 2. The van der Waals surface area contributed by atoms with Gasteiger partial charge in [0.05, 0.1) is 10.6 Å². The third-order valence-electron chi connectivity index (χ3n) is 3.30. The summed E-state index contributed by atoms with van der Waals surface area (Å²) in [6.45, 7) is 6.89. The number of benzene rings is 1. The standard InChI is InChI=1S/C16H19ClFN3/c1-4-9-19-15-11(5-2)10(3)20-16(21-15)12-7-6-8-13(17)14(12)18/h6-8H,4-5,9H2,1-3H3,(H,19,20,21). The summed E-state index contributed by atoms with van der Waals surface area (Å²) < 4.78 is 14.2. The predicted molar refractivity (Wildman–Crippen MR) is 85.3 cm³/mol. The molecule has 0 bridgehead atoms. The Morgan fingerprint density at radius 2 is 2.00 bits per heavy atom. The maximum Gasteiger partial charge on any atom is 0.164 e. The molecule has 1 heterocycles. The molecule has 0 aliphatic heterocycles. The maximum absolute atomic E-state index is 14.2. The van der Waals surface area contributed by atoms with E-state index in [4.69, 9.17) is 11.6 Å². The molecule has 0 spiro atoms. The molecule has 2 aromatic rings. The highest BCUT2D eigenvalue weighted by molar-refractivity contribution is 6.31. The van der Waals surface area contributed by atoms with E-state index in [1.54, 1.807) is 12.1 Å². The van der Waals surface area contributed by atoms with Crippen LogP contribution in [0.25, 0.3) is 11.4 Å². The Morgan fingerprint density at radius 3 is 2.67 bits per heavy atom. The maximum atomic E-state index is 14.2. The van der Waals surface area contributed by atoms with Gasteiger partial charge in [-0.15, -0.1) is 0 Å². The molecule has 5 heteroatoms. The third-order valence-corrected chi connectivity index (χ3v) is 3.59. The fraction of sp³-hybridized carbons (Fsp3) is 0.375. The van der Waals surface area contributed by atoms with Crippen molar-refractivity contribution in [2.45, 2.75) is 33.6 Å². The Hall–Kier alpha value is -1.68. The summed E-state index contributed by atoms with van der Waals surface area (Å²) in [7, 11) is 0. The molecule has 0 saturated heterocycles. The zero-order chi connectivity index (χ0) is 15.4. The smallest absolute Gasteiger partial charge is 0.164 e. The first kappa shape index (κ1) is 15.7. The molecule has 0 fully saturated rings. The molecule has 3 nitrogen and oxygen atoms in total. The number of nitrogens with one attached hydrogen (secondary N) is 1. The molecule has 0 atom stereocenters. The van der Waals surface area contributed by atoms with Crippen molar-refractivity contribution >= 4 is 17.4 Å². The second-order valence-electron chi connectivity index (χ2n) is 4.84. The lowest BCUT2D eigenvalue weighted by atomic mass is 10.1.